The van der Waals surface area contributed by atoms with Crippen molar-refractivity contribution in [1.82, 2.24) is 0 Å². The summed E-state index contributed by atoms with van der Waals surface area (Å²) in [6.45, 7) is 1.73. The molecule has 0 saturated carbocycles. The first kappa shape index (κ1) is 18.7. The highest BCUT2D eigenvalue weighted by atomic mass is 32.2. The van der Waals surface area contributed by atoms with Crippen molar-refractivity contribution in [3.8, 4) is 0 Å². The lowest BCUT2D eigenvalue weighted by Gasteiger charge is -2.18. The van der Waals surface area contributed by atoms with E-state index in [2.05, 4.69) is 0 Å². The Kier molecular flexibility index (Phi) is 5.06. The monoisotopic (exact) mass is 399 g/mol. The Labute approximate surface area is 163 Å². The molecule has 0 atom stereocenters. The Morgan fingerprint density at radius 3 is 2.67 bits per heavy atom. The molecule has 2 aromatic carbocycles. The quantitative estimate of drug-likeness (QED) is 0.337. The van der Waals surface area contributed by atoms with E-state index in [-0.39, 0.29) is 15.6 Å². The number of aryl methyl sites for hydroxylation is 1. The van der Waals surface area contributed by atoms with Crippen molar-refractivity contribution in [2.75, 3.05) is 4.90 Å². The van der Waals surface area contributed by atoms with Gasteiger partial charge in [0.2, 0.25) is 0 Å². The molecule has 0 aliphatic carbocycles. The van der Waals surface area contributed by atoms with Gasteiger partial charge in [-0.25, -0.2) is 0 Å². The third-order valence-corrected chi connectivity index (χ3v) is 5.16. The van der Waals surface area contributed by atoms with E-state index in [0.717, 1.165) is 11.8 Å². The molecule has 0 radical (unpaired) electrons. The van der Waals surface area contributed by atoms with E-state index in [1.807, 2.05) is 0 Å². The van der Waals surface area contributed by atoms with Crippen molar-refractivity contribution < 1.29 is 19.6 Å². The molecule has 27 heavy (non-hydrogen) atoms. The zero-order valence-electron chi connectivity index (χ0n) is 13.9. The number of thiocarbonyl (C=S) groups is 1. The van der Waals surface area contributed by atoms with Crippen LogP contribution in [0, 0.1) is 17.0 Å². The number of benzene rings is 2. The highest BCUT2D eigenvalue weighted by molar-refractivity contribution is 8.27. The van der Waals surface area contributed by atoms with Gasteiger partial charge in [-0.2, -0.15) is 0 Å². The van der Waals surface area contributed by atoms with Crippen LogP contribution < -0.4 is 10.0 Å². The standard InChI is InChI=1S/C18H12N2O5S2/c1-10-5-6-12(17(22)23)9-14(10)19-16(21)15(27-18(19)26)8-11-3-2-4-13(7-11)20(24)25/h2-9H,1H3,(H,22,23)/p-1/b15-8-. The average molecular weight is 399 g/mol. The molecule has 1 heterocycles. The maximum atomic E-state index is 12.8. The number of hydrogen-bond donors (Lipinski definition) is 0. The molecule has 7 nitrogen and oxygen atoms in total. The van der Waals surface area contributed by atoms with E-state index in [4.69, 9.17) is 12.2 Å². The van der Waals surface area contributed by atoms with Gasteiger partial charge < -0.3 is 9.90 Å². The number of non-ortho nitro benzene ring substituents is 1. The van der Waals surface area contributed by atoms with Crippen LogP contribution in [-0.2, 0) is 4.79 Å². The fourth-order valence-electron chi connectivity index (χ4n) is 2.53. The first-order valence-electron chi connectivity index (χ1n) is 7.62. The minimum Gasteiger partial charge on any atom is -0.545 e. The molecule has 1 fully saturated rings. The average Bonchev–Trinajstić information content (AvgIpc) is 2.89. The lowest BCUT2D eigenvalue weighted by Crippen LogP contribution is -2.29. The Morgan fingerprint density at radius 1 is 1.26 bits per heavy atom. The maximum absolute atomic E-state index is 12.8. The van der Waals surface area contributed by atoms with E-state index in [9.17, 15) is 24.8 Å². The van der Waals surface area contributed by atoms with Crippen LogP contribution in [0.4, 0.5) is 11.4 Å². The van der Waals surface area contributed by atoms with Crippen LogP contribution in [0.2, 0.25) is 0 Å². The van der Waals surface area contributed by atoms with Crippen molar-refractivity contribution in [2.24, 2.45) is 0 Å². The molecule has 0 aromatic heterocycles. The Hall–Kier alpha value is -3.04. The van der Waals surface area contributed by atoms with Crippen LogP contribution in [0.25, 0.3) is 6.08 Å². The van der Waals surface area contributed by atoms with Gasteiger partial charge in [-0.15, -0.1) is 0 Å². The predicted molar refractivity (Wildman–Crippen MR) is 104 cm³/mol. The zero-order chi connectivity index (χ0) is 19.7. The molecule has 3 rings (SSSR count). The van der Waals surface area contributed by atoms with E-state index in [1.54, 1.807) is 19.1 Å². The van der Waals surface area contributed by atoms with Crippen LogP contribution in [0.15, 0.2) is 47.4 Å². The first-order chi connectivity index (χ1) is 12.8. The molecule has 0 bridgehead atoms. The number of nitrogens with zero attached hydrogens (tertiary/aromatic N) is 2. The summed E-state index contributed by atoms with van der Waals surface area (Å²) in [5.74, 6) is -1.77. The number of carbonyl (C=O) groups is 2. The second-order valence-electron chi connectivity index (χ2n) is 5.66. The molecule has 0 unspecified atom stereocenters. The Balaban J connectivity index is 1.99. The van der Waals surface area contributed by atoms with E-state index >= 15 is 0 Å². The van der Waals surface area contributed by atoms with Gasteiger partial charge in [-0.05, 0) is 35.8 Å². The lowest BCUT2D eigenvalue weighted by molar-refractivity contribution is -0.384. The molecule has 1 saturated heterocycles. The first-order valence-corrected chi connectivity index (χ1v) is 8.85. The van der Waals surface area contributed by atoms with Gasteiger partial charge in [0.1, 0.15) is 0 Å². The van der Waals surface area contributed by atoms with Crippen LogP contribution in [0.5, 0.6) is 0 Å². The van der Waals surface area contributed by atoms with Crippen LogP contribution in [-0.4, -0.2) is 21.1 Å². The fraction of sp³-hybridized carbons (Fsp3) is 0.0556. The van der Waals surface area contributed by atoms with E-state index in [1.165, 1.54) is 41.3 Å². The number of aromatic carboxylic acids is 1. The highest BCUT2D eigenvalue weighted by Crippen LogP contribution is 2.37. The van der Waals surface area contributed by atoms with E-state index in [0.29, 0.717) is 21.7 Å². The summed E-state index contributed by atoms with van der Waals surface area (Å²) in [4.78, 5) is 35.9. The van der Waals surface area contributed by atoms with Gasteiger partial charge in [0.15, 0.2) is 4.32 Å². The van der Waals surface area contributed by atoms with Gasteiger partial charge in [0.05, 0.1) is 21.5 Å². The molecule has 9 heteroatoms. The summed E-state index contributed by atoms with van der Waals surface area (Å²) in [5, 5.41) is 22.0. The number of carbonyl (C=O) groups excluding carboxylic acids is 2. The number of anilines is 1. The molecule has 1 aliphatic rings. The van der Waals surface area contributed by atoms with Crippen LogP contribution in [0.3, 0.4) is 0 Å². The van der Waals surface area contributed by atoms with Gasteiger partial charge in [0, 0.05) is 12.1 Å². The fourth-order valence-corrected chi connectivity index (χ4v) is 3.82. The number of carboxylic acids is 1. The summed E-state index contributed by atoms with van der Waals surface area (Å²) in [7, 11) is 0. The minimum absolute atomic E-state index is 0.0627. The number of amides is 1. The summed E-state index contributed by atoms with van der Waals surface area (Å²) < 4.78 is 0.246. The normalized spacial score (nSPS) is 15.4. The summed E-state index contributed by atoms with van der Waals surface area (Å²) in [5.41, 5.74) is 1.38. The van der Waals surface area contributed by atoms with Crippen molar-refractivity contribution >= 4 is 57.6 Å². The van der Waals surface area contributed by atoms with Crippen molar-refractivity contribution in [2.45, 2.75) is 6.92 Å². The van der Waals surface area contributed by atoms with E-state index < -0.39 is 16.8 Å². The number of carboxylic acid groups (broad SMARTS) is 1. The largest absolute Gasteiger partial charge is 0.545 e. The topological polar surface area (TPSA) is 104 Å². The Bertz CT molecular complexity index is 1030. The predicted octanol–water partition coefficient (Wildman–Crippen LogP) is 2.67. The molecular formula is C18H11N2O5S2-. The third-order valence-electron chi connectivity index (χ3n) is 3.86. The molecule has 136 valence electrons. The summed E-state index contributed by atoms with van der Waals surface area (Å²) in [6, 6.07) is 10.2. The lowest BCUT2D eigenvalue weighted by atomic mass is 10.1. The van der Waals surface area contributed by atoms with Gasteiger partial charge in [-0.1, -0.05) is 48.2 Å². The number of hydrogen-bond acceptors (Lipinski definition) is 7. The highest BCUT2D eigenvalue weighted by Gasteiger charge is 2.34. The third kappa shape index (κ3) is 3.74. The number of nitro groups is 1. The molecule has 1 amide bonds. The van der Waals surface area contributed by atoms with Crippen molar-refractivity contribution in [1.29, 1.82) is 0 Å². The molecule has 0 N–H and O–H groups in total. The summed E-state index contributed by atoms with van der Waals surface area (Å²) in [6.07, 6.45) is 1.52. The van der Waals surface area contributed by atoms with Gasteiger partial charge in [0.25, 0.3) is 11.6 Å². The number of rotatable bonds is 4. The van der Waals surface area contributed by atoms with Crippen molar-refractivity contribution in [3.63, 3.8) is 0 Å². The van der Waals surface area contributed by atoms with Crippen LogP contribution in [0.1, 0.15) is 21.5 Å². The smallest absolute Gasteiger partial charge is 0.270 e. The van der Waals surface area contributed by atoms with Crippen LogP contribution >= 0.6 is 24.0 Å². The van der Waals surface area contributed by atoms with Crippen molar-refractivity contribution in [3.05, 3.63) is 74.2 Å². The van der Waals surface area contributed by atoms with Gasteiger partial charge >= 0.3 is 0 Å². The second kappa shape index (κ2) is 7.29. The Morgan fingerprint density at radius 2 is 2.00 bits per heavy atom. The number of nitro benzene ring substituents is 1. The minimum atomic E-state index is -1.35. The second-order valence-corrected chi connectivity index (χ2v) is 7.33. The van der Waals surface area contributed by atoms with Gasteiger partial charge in [-0.3, -0.25) is 19.8 Å². The number of thioether (sulfide) groups is 1. The summed E-state index contributed by atoms with van der Waals surface area (Å²) >= 11 is 6.33. The molecule has 0 spiro atoms. The SMILES string of the molecule is Cc1ccc(C(=O)[O-])cc1N1C(=O)/C(=C/c2cccc([N+](=O)[O-])c2)SC1=S. The maximum Gasteiger partial charge on any atom is 0.270 e. The molecular weight excluding hydrogens is 388 g/mol. The zero-order valence-corrected chi connectivity index (χ0v) is 15.5. The molecule has 2 aromatic rings. The molecule has 1 aliphatic heterocycles.